The molecule has 0 aliphatic heterocycles. The second-order valence-electron chi connectivity index (χ2n) is 4.76. The molecule has 1 aliphatic carbocycles. The molecule has 3 nitrogen and oxygen atoms in total. The monoisotopic (exact) mass is 262 g/mol. The summed E-state index contributed by atoms with van der Waals surface area (Å²) < 4.78 is 5.49. The minimum absolute atomic E-state index is 0.629. The van der Waals surface area contributed by atoms with Crippen LogP contribution in [-0.2, 0) is 6.54 Å². The first-order chi connectivity index (χ1) is 8.72. The van der Waals surface area contributed by atoms with Crippen LogP contribution < -0.4 is 5.32 Å². The van der Waals surface area contributed by atoms with Crippen molar-refractivity contribution in [3.05, 3.63) is 40.7 Å². The number of rotatable bonds is 4. The molecule has 0 unspecified atom stereocenters. The van der Waals surface area contributed by atoms with Crippen molar-refractivity contribution < 1.29 is 4.42 Å². The smallest absolute Gasteiger partial charge is 0.226 e. The van der Waals surface area contributed by atoms with Gasteiger partial charge in [0.1, 0.15) is 6.26 Å². The summed E-state index contributed by atoms with van der Waals surface area (Å²) in [6.07, 6.45) is 4.26. The van der Waals surface area contributed by atoms with E-state index in [2.05, 4.69) is 10.3 Å². The van der Waals surface area contributed by atoms with Crippen LogP contribution in [0.3, 0.4) is 0 Å². The van der Waals surface area contributed by atoms with Crippen molar-refractivity contribution in [2.75, 3.05) is 0 Å². The lowest BCUT2D eigenvalue weighted by atomic mass is 10.1. The van der Waals surface area contributed by atoms with Crippen molar-refractivity contribution >= 4 is 11.6 Å². The van der Waals surface area contributed by atoms with E-state index in [0.29, 0.717) is 11.9 Å². The van der Waals surface area contributed by atoms with E-state index in [1.165, 1.54) is 12.8 Å². The van der Waals surface area contributed by atoms with E-state index in [1.807, 2.05) is 25.1 Å². The lowest BCUT2D eigenvalue weighted by molar-refractivity contribution is 0.570. The molecule has 0 bridgehead atoms. The topological polar surface area (TPSA) is 38.1 Å². The van der Waals surface area contributed by atoms with Crippen molar-refractivity contribution in [2.45, 2.75) is 32.4 Å². The second-order valence-corrected chi connectivity index (χ2v) is 5.17. The minimum atomic E-state index is 0.629. The molecule has 1 N–H and O–H groups in total. The number of aryl methyl sites for hydroxylation is 1. The maximum atomic E-state index is 6.10. The van der Waals surface area contributed by atoms with Crippen molar-refractivity contribution in [1.29, 1.82) is 0 Å². The van der Waals surface area contributed by atoms with E-state index in [4.69, 9.17) is 16.0 Å². The summed E-state index contributed by atoms with van der Waals surface area (Å²) in [4.78, 5) is 4.46. The fourth-order valence-electron chi connectivity index (χ4n) is 1.78. The maximum absolute atomic E-state index is 6.10. The van der Waals surface area contributed by atoms with Gasteiger partial charge in [-0.3, -0.25) is 0 Å². The Morgan fingerprint density at radius 1 is 1.44 bits per heavy atom. The molecule has 0 radical (unpaired) electrons. The van der Waals surface area contributed by atoms with Gasteiger partial charge >= 0.3 is 0 Å². The molecule has 0 atom stereocenters. The first kappa shape index (κ1) is 11.8. The van der Waals surface area contributed by atoms with E-state index >= 15 is 0 Å². The molecular weight excluding hydrogens is 248 g/mol. The van der Waals surface area contributed by atoms with Gasteiger partial charge in [0.05, 0.1) is 5.69 Å². The Labute approximate surface area is 111 Å². The molecular formula is C14H15ClN2O. The number of oxazole rings is 1. The molecule has 1 heterocycles. The van der Waals surface area contributed by atoms with Gasteiger partial charge in [-0.2, -0.15) is 0 Å². The number of hydrogen-bond donors (Lipinski definition) is 1. The highest BCUT2D eigenvalue weighted by atomic mass is 35.5. The minimum Gasteiger partial charge on any atom is -0.444 e. The number of halogens is 1. The van der Waals surface area contributed by atoms with Crippen LogP contribution in [0.25, 0.3) is 11.5 Å². The van der Waals surface area contributed by atoms with E-state index in [9.17, 15) is 0 Å². The molecule has 3 rings (SSSR count). The van der Waals surface area contributed by atoms with Crippen LogP contribution in [0.1, 0.15) is 24.1 Å². The first-order valence-corrected chi connectivity index (χ1v) is 6.54. The van der Waals surface area contributed by atoms with Gasteiger partial charge in [-0.25, -0.2) is 4.98 Å². The molecule has 0 saturated heterocycles. The zero-order valence-electron chi connectivity index (χ0n) is 10.2. The fraction of sp³-hybridized carbons (Fsp3) is 0.357. The number of nitrogens with one attached hydrogen (secondary N) is 1. The molecule has 1 saturated carbocycles. The predicted molar refractivity (Wildman–Crippen MR) is 71.5 cm³/mol. The third-order valence-electron chi connectivity index (χ3n) is 3.12. The third-order valence-corrected chi connectivity index (χ3v) is 3.53. The molecule has 1 aromatic carbocycles. The maximum Gasteiger partial charge on any atom is 0.226 e. The Morgan fingerprint density at radius 2 is 2.28 bits per heavy atom. The van der Waals surface area contributed by atoms with Gasteiger partial charge in [0.2, 0.25) is 5.89 Å². The Bertz CT molecular complexity index is 561. The predicted octanol–water partition coefficient (Wildman–Crippen LogP) is 3.56. The summed E-state index contributed by atoms with van der Waals surface area (Å²) in [6, 6.07) is 6.52. The molecule has 1 aromatic heterocycles. The summed E-state index contributed by atoms with van der Waals surface area (Å²) in [7, 11) is 0. The van der Waals surface area contributed by atoms with E-state index in [0.717, 1.165) is 28.4 Å². The molecule has 0 spiro atoms. The molecule has 94 valence electrons. The molecule has 1 aliphatic rings. The average molecular weight is 263 g/mol. The highest BCUT2D eigenvalue weighted by Gasteiger charge is 2.20. The molecule has 0 amide bonds. The molecule has 18 heavy (non-hydrogen) atoms. The number of hydrogen-bond acceptors (Lipinski definition) is 3. The van der Waals surface area contributed by atoms with Gasteiger partial charge in [0, 0.05) is 23.2 Å². The first-order valence-electron chi connectivity index (χ1n) is 6.17. The van der Waals surface area contributed by atoms with E-state index in [-0.39, 0.29) is 0 Å². The standard InChI is InChI=1S/C14H15ClN2O/c1-9-2-3-10(6-13(9)15)14-17-12(8-18-14)7-16-11-4-5-11/h2-3,6,8,11,16H,4-5,7H2,1H3. The van der Waals surface area contributed by atoms with Gasteiger partial charge in [0.15, 0.2) is 0 Å². The SMILES string of the molecule is Cc1ccc(-c2nc(CNC3CC3)co2)cc1Cl. The number of benzene rings is 1. The Balaban J connectivity index is 1.76. The average Bonchev–Trinajstić information content (AvgIpc) is 3.08. The van der Waals surface area contributed by atoms with Crippen molar-refractivity contribution in [2.24, 2.45) is 0 Å². The zero-order valence-corrected chi connectivity index (χ0v) is 11.0. The van der Waals surface area contributed by atoms with Crippen LogP contribution in [-0.4, -0.2) is 11.0 Å². The lowest BCUT2D eigenvalue weighted by Crippen LogP contribution is -2.15. The summed E-state index contributed by atoms with van der Waals surface area (Å²) in [5.74, 6) is 0.629. The van der Waals surface area contributed by atoms with Gasteiger partial charge in [-0.05, 0) is 37.5 Å². The Morgan fingerprint density at radius 3 is 3.00 bits per heavy atom. The summed E-state index contributed by atoms with van der Waals surface area (Å²) >= 11 is 6.10. The summed E-state index contributed by atoms with van der Waals surface area (Å²) in [5.41, 5.74) is 2.92. The van der Waals surface area contributed by atoms with E-state index in [1.54, 1.807) is 6.26 Å². The van der Waals surface area contributed by atoms with Crippen LogP contribution in [0.4, 0.5) is 0 Å². The highest BCUT2D eigenvalue weighted by molar-refractivity contribution is 6.31. The molecule has 4 heteroatoms. The van der Waals surface area contributed by atoms with Gasteiger partial charge in [-0.15, -0.1) is 0 Å². The van der Waals surface area contributed by atoms with Gasteiger partial charge in [0.25, 0.3) is 0 Å². The molecule has 1 fully saturated rings. The Hall–Kier alpha value is -1.32. The van der Waals surface area contributed by atoms with E-state index < -0.39 is 0 Å². The quantitative estimate of drug-likeness (QED) is 0.916. The van der Waals surface area contributed by atoms with Gasteiger partial charge < -0.3 is 9.73 Å². The third kappa shape index (κ3) is 2.57. The van der Waals surface area contributed by atoms with Crippen molar-refractivity contribution in [3.63, 3.8) is 0 Å². The lowest BCUT2D eigenvalue weighted by Gasteiger charge is -1.99. The number of nitrogens with zero attached hydrogens (tertiary/aromatic N) is 1. The normalized spacial score (nSPS) is 15.0. The Kier molecular flexibility index (Phi) is 3.10. The fourth-order valence-corrected chi connectivity index (χ4v) is 1.96. The highest BCUT2D eigenvalue weighted by Crippen LogP contribution is 2.25. The second kappa shape index (κ2) is 4.75. The van der Waals surface area contributed by atoms with Crippen LogP contribution in [0.5, 0.6) is 0 Å². The van der Waals surface area contributed by atoms with Crippen molar-refractivity contribution in [1.82, 2.24) is 10.3 Å². The summed E-state index contributed by atoms with van der Waals surface area (Å²) in [5, 5.41) is 4.15. The number of aromatic nitrogens is 1. The van der Waals surface area contributed by atoms with Crippen LogP contribution >= 0.6 is 11.6 Å². The van der Waals surface area contributed by atoms with Crippen LogP contribution in [0, 0.1) is 6.92 Å². The van der Waals surface area contributed by atoms with Crippen LogP contribution in [0.2, 0.25) is 5.02 Å². The largest absolute Gasteiger partial charge is 0.444 e. The van der Waals surface area contributed by atoms with Gasteiger partial charge in [-0.1, -0.05) is 17.7 Å². The van der Waals surface area contributed by atoms with Crippen molar-refractivity contribution in [3.8, 4) is 11.5 Å². The summed E-state index contributed by atoms with van der Waals surface area (Å²) in [6.45, 7) is 2.75. The van der Waals surface area contributed by atoms with Crippen LogP contribution in [0.15, 0.2) is 28.9 Å². The molecule has 2 aromatic rings. The zero-order chi connectivity index (χ0) is 12.5.